The smallest absolute Gasteiger partial charge is 0.322 e. The minimum atomic E-state index is -0.307. The summed E-state index contributed by atoms with van der Waals surface area (Å²) in [5, 5.41) is 4.11. The maximum Gasteiger partial charge on any atom is 0.322 e. The van der Waals surface area contributed by atoms with Crippen LogP contribution in [0.3, 0.4) is 0 Å². The van der Waals surface area contributed by atoms with Crippen LogP contribution in [-0.2, 0) is 6.54 Å². The molecule has 248 valence electrons. The summed E-state index contributed by atoms with van der Waals surface area (Å²) in [4.78, 5) is 40.8. The number of rotatable bonds is 8. The molecule has 2 saturated heterocycles. The van der Waals surface area contributed by atoms with Crippen LogP contribution in [0.5, 0.6) is 5.88 Å². The lowest BCUT2D eigenvalue weighted by Gasteiger charge is -2.23. The molecule has 11 nitrogen and oxygen atoms in total. The molecule has 3 aliphatic rings. The number of amides is 3. The van der Waals surface area contributed by atoms with Crippen LogP contribution in [0.4, 0.5) is 10.5 Å². The van der Waals surface area contributed by atoms with E-state index in [1.54, 1.807) is 19.1 Å². The van der Waals surface area contributed by atoms with Crippen molar-refractivity contribution < 1.29 is 14.3 Å². The molecule has 1 aliphatic carbocycles. The summed E-state index contributed by atoms with van der Waals surface area (Å²) in [5.41, 5.74) is 12.8. The van der Waals surface area contributed by atoms with Crippen LogP contribution >= 0.6 is 0 Å². The molecule has 1 unspecified atom stereocenters. The predicted octanol–water partition coefficient (Wildman–Crippen LogP) is 5.69. The summed E-state index contributed by atoms with van der Waals surface area (Å²) >= 11 is 0. The number of pyridine rings is 2. The van der Waals surface area contributed by atoms with Gasteiger partial charge in [0.2, 0.25) is 0 Å². The molecule has 3 N–H and O–H groups in total. The molecule has 0 radical (unpaired) electrons. The number of hydrogen-bond donors (Lipinski definition) is 2. The SMILES string of the molecule is COc1cc(C(=O)N2C3CC[C@H]2C[C@H]3N)cc2nc(-c3cc4ccc([C@@H](C)NC(=O)N(C)c5ccccc5)nc4n3CC3CC3)c(C)n12. The summed E-state index contributed by atoms with van der Waals surface area (Å²) in [6.07, 6.45) is 5.19. The number of fused-ring (bicyclic) bond motifs is 4. The van der Waals surface area contributed by atoms with Crippen molar-refractivity contribution in [2.24, 2.45) is 11.7 Å². The van der Waals surface area contributed by atoms with Crippen LogP contribution in [0.15, 0.2) is 60.7 Å². The fourth-order valence-corrected chi connectivity index (χ4v) is 7.74. The van der Waals surface area contributed by atoms with E-state index >= 15 is 0 Å². The molecule has 1 aromatic carbocycles. The minimum absolute atomic E-state index is 0.00537. The molecular weight excluding hydrogens is 604 g/mol. The summed E-state index contributed by atoms with van der Waals surface area (Å²) in [7, 11) is 3.39. The molecule has 3 amide bonds. The maximum atomic E-state index is 13.8. The van der Waals surface area contributed by atoms with Crippen molar-refractivity contribution >= 4 is 34.3 Å². The Kier molecular flexibility index (Phi) is 7.39. The molecule has 8 rings (SSSR count). The number of hydrogen-bond acceptors (Lipinski definition) is 6. The number of nitrogens with two attached hydrogens (primary N) is 1. The first-order valence-corrected chi connectivity index (χ1v) is 17.0. The quantitative estimate of drug-likeness (QED) is 0.223. The third kappa shape index (κ3) is 5.08. The van der Waals surface area contributed by atoms with E-state index in [0.717, 1.165) is 65.3 Å². The van der Waals surface area contributed by atoms with Crippen molar-refractivity contribution in [1.29, 1.82) is 0 Å². The molecule has 4 atom stereocenters. The van der Waals surface area contributed by atoms with Gasteiger partial charge in [0, 0.05) is 54.4 Å². The first-order chi connectivity index (χ1) is 23.2. The molecule has 2 bridgehead atoms. The normalized spacial score (nSPS) is 20.9. The van der Waals surface area contributed by atoms with E-state index < -0.39 is 0 Å². The van der Waals surface area contributed by atoms with Gasteiger partial charge >= 0.3 is 6.03 Å². The fourth-order valence-electron chi connectivity index (χ4n) is 7.74. The second-order valence-electron chi connectivity index (χ2n) is 13.7. The van der Waals surface area contributed by atoms with Crippen molar-refractivity contribution in [2.45, 2.75) is 76.7 Å². The summed E-state index contributed by atoms with van der Waals surface area (Å²) in [6.45, 7) is 4.83. The summed E-state index contributed by atoms with van der Waals surface area (Å²) in [6, 6.07) is 19.3. The van der Waals surface area contributed by atoms with Gasteiger partial charge in [-0.05, 0) is 88.3 Å². The Morgan fingerprint density at radius 3 is 2.54 bits per heavy atom. The average molecular weight is 647 g/mol. The Bertz CT molecular complexity index is 2050. The minimum Gasteiger partial charge on any atom is -0.482 e. The summed E-state index contributed by atoms with van der Waals surface area (Å²) in [5.74, 6) is 1.15. The molecule has 4 aromatic heterocycles. The predicted molar refractivity (Wildman–Crippen MR) is 185 cm³/mol. The summed E-state index contributed by atoms with van der Waals surface area (Å²) < 4.78 is 10.1. The zero-order valence-corrected chi connectivity index (χ0v) is 27.9. The molecule has 5 aromatic rings. The molecule has 0 spiro atoms. The molecule has 2 aliphatic heterocycles. The number of aromatic nitrogens is 4. The lowest BCUT2D eigenvalue weighted by Crippen LogP contribution is -2.40. The monoisotopic (exact) mass is 646 g/mol. The number of aryl methyl sites for hydroxylation is 1. The largest absolute Gasteiger partial charge is 0.482 e. The number of carbonyl (C=O) groups is 2. The standard InChI is InChI=1S/C37H42N8O3/c1-21(39-37(47)42(3)26-8-6-5-7-9-26)29-14-12-24-16-31(43(35(24)40-29)20-23-10-11-23)34-22(2)44-32(41-34)17-25(18-33(44)48-4)36(46)45-27-13-15-30(45)28(38)19-27/h5-9,12,14,16-18,21,23,27-28,30H,10-11,13,15,19-20,38H2,1-4H3,(H,39,47)/t21-,27+,28-,30?/m1/s1. The van der Waals surface area contributed by atoms with E-state index in [2.05, 4.69) is 22.0 Å². The van der Waals surface area contributed by atoms with Crippen LogP contribution < -0.4 is 20.7 Å². The van der Waals surface area contributed by atoms with E-state index in [4.69, 9.17) is 20.4 Å². The zero-order valence-electron chi connectivity index (χ0n) is 27.9. The number of nitrogens with one attached hydrogen (secondary N) is 1. The molecular formula is C37H42N8O3. The Balaban J connectivity index is 1.15. The second kappa shape index (κ2) is 11.7. The van der Waals surface area contributed by atoms with Crippen LogP contribution in [0.2, 0.25) is 0 Å². The first kappa shape index (κ1) is 30.4. The van der Waals surface area contributed by atoms with Crippen molar-refractivity contribution in [3.63, 3.8) is 0 Å². The molecule has 11 heteroatoms. The van der Waals surface area contributed by atoms with Gasteiger partial charge in [-0.15, -0.1) is 0 Å². The number of anilines is 1. The average Bonchev–Trinajstić information content (AvgIpc) is 3.42. The zero-order chi connectivity index (χ0) is 33.3. The molecule has 6 heterocycles. The van der Waals surface area contributed by atoms with E-state index in [9.17, 15) is 9.59 Å². The van der Waals surface area contributed by atoms with Gasteiger partial charge in [0.1, 0.15) is 17.0 Å². The first-order valence-electron chi connectivity index (χ1n) is 17.0. The second-order valence-corrected chi connectivity index (χ2v) is 13.7. The Morgan fingerprint density at radius 2 is 1.85 bits per heavy atom. The van der Waals surface area contributed by atoms with Gasteiger partial charge in [0.15, 0.2) is 5.88 Å². The van der Waals surface area contributed by atoms with E-state index in [-0.39, 0.29) is 36.1 Å². The van der Waals surface area contributed by atoms with Gasteiger partial charge in [-0.25, -0.2) is 14.8 Å². The van der Waals surface area contributed by atoms with E-state index in [1.807, 2.05) is 71.7 Å². The van der Waals surface area contributed by atoms with Gasteiger partial charge in [0.25, 0.3) is 5.91 Å². The topological polar surface area (TPSA) is 123 Å². The third-order valence-corrected chi connectivity index (χ3v) is 10.6. The van der Waals surface area contributed by atoms with Crippen LogP contribution in [0, 0.1) is 12.8 Å². The highest BCUT2D eigenvalue weighted by Gasteiger charge is 2.47. The van der Waals surface area contributed by atoms with E-state index in [0.29, 0.717) is 23.0 Å². The Hall–Kier alpha value is -4.90. The van der Waals surface area contributed by atoms with Crippen LogP contribution in [-0.4, -0.2) is 68.1 Å². The number of benzene rings is 1. The van der Waals surface area contributed by atoms with Gasteiger partial charge < -0.3 is 25.3 Å². The molecule has 3 fully saturated rings. The van der Waals surface area contributed by atoms with Crippen molar-refractivity contribution in [1.82, 2.24) is 29.2 Å². The van der Waals surface area contributed by atoms with E-state index in [1.165, 1.54) is 12.8 Å². The van der Waals surface area contributed by atoms with Gasteiger partial charge in [-0.3, -0.25) is 14.1 Å². The number of imidazole rings is 1. The number of methoxy groups -OCH3 is 1. The highest BCUT2D eigenvalue weighted by Crippen LogP contribution is 2.40. The number of urea groups is 1. The number of nitrogens with zero attached hydrogens (tertiary/aromatic N) is 6. The highest BCUT2D eigenvalue weighted by molar-refractivity contribution is 5.97. The highest BCUT2D eigenvalue weighted by atomic mass is 16.5. The molecule has 1 saturated carbocycles. The molecule has 48 heavy (non-hydrogen) atoms. The Labute approximate surface area is 279 Å². The maximum absolute atomic E-state index is 13.8. The van der Waals surface area contributed by atoms with Crippen molar-refractivity contribution in [2.75, 3.05) is 19.1 Å². The number of ether oxygens (including phenoxy) is 1. The van der Waals surface area contributed by atoms with Crippen molar-refractivity contribution in [3.8, 4) is 17.3 Å². The lowest BCUT2D eigenvalue weighted by atomic mass is 9.97. The number of carbonyl (C=O) groups excluding carboxylic acids is 2. The lowest BCUT2D eigenvalue weighted by molar-refractivity contribution is 0.0726. The third-order valence-electron chi connectivity index (χ3n) is 10.6. The van der Waals surface area contributed by atoms with Crippen molar-refractivity contribution in [3.05, 3.63) is 77.6 Å². The number of para-hydroxylation sites is 1. The van der Waals surface area contributed by atoms with Crippen LogP contribution in [0.1, 0.15) is 66.8 Å². The fraction of sp³-hybridized carbons (Fsp3) is 0.405. The van der Waals surface area contributed by atoms with Gasteiger partial charge in [0.05, 0.1) is 30.2 Å². The van der Waals surface area contributed by atoms with Gasteiger partial charge in [-0.1, -0.05) is 18.2 Å². The van der Waals surface area contributed by atoms with Crippen LogP contribution in [0.25, 0.3) is 28.1 Å². The Morgan fingerprint density at radius 1 is 1.06 bits per heavy atom. The van der Waals surface area contributed by atoms with Gasteiger partial charge in [-0.2, -0.15) is 0 Å².